The number of carbonyl (C=O) groups excluding carboxylic acids is 1. The van der Waals surface area contributed by atoms with Crippen LogP contribution in [0.25, 0.3) is 11.1 Å². The van der Waals surface area contributed by atoms with Gasteiger partial charge in [-0.05, 0) is 35.9 Å². The Kier molecular flexibility index (Phi) is 3.55. The minimum absolute atomic E-state index is 0.129. The molecule has 0 aliphatic heterocycles. The minimum atomic E-state index is -1.56. The van der Waals surface area contributed by atoms with Crippen molar-refractivity contribution >= 4 is 6.29 Å². The molecule has 0 aliphatic carbocycles. The second-order valence-corrected chi connectivity index (χ2v) is 3.79. The lowest BCUT2D eigenvalue weighted by molar-refractivity contribution is 0.112. The predicted octanol–water partition coefficient (Wildman–Crippen LogP) is 3.59. The van der Waals surface area contributed by atoms with Crippen LogP contribution < -0.4 is 4.74 Å². The van der Waals surface area contributed by atoms with Gasteiger partial charge in [-0.1, -0.05) is 0 Å². The Morgan fingerprint density at radius 3 is 2.32 bits per heavy atom. The number of halogens is 3. The van der Waals surface area contributed by atoms with E-state index < -0.39 is 17.5 Å². The van der Waals surface area contributed by atoms with E-state index in [2.05, 4.69) is 0 Å². The fourth-order valence-corrected chi connectivity index (χ4v) is 1.74. The van der Waals surface area contributed by atoms with Crippen LogP contribution in [0.5, 0.6) is 5.75 Å². The van der Waals surface area contributed by atoms with E-state index >= 15 is 0 Å². The van der Waals surface area contributed by atoms with Gasteiger partial charge >= 0.3 is 0 Å². The molecule has 19 heavy (non-hydrogen) atoms. The summed E-state index contributed by atoms with van der Waals surface area (Å²) in [4.78, 5) is 11.0. The highest BCUT2D eigenvalue weighted by molar-refractivity contribution is 5.88. The standard InChI is InChI=1S/C14H9F3O2/c1-19-9-2-3-10(8(6-9)7-18)11-4-5-12(15)14(17)13(11)16/h2-7H,1H3. The van der Waals surface area contributed by atoms with Crippen LogP contribution in [0.2, 0.25) is 0 Å². The molecule has 0 spiro atoms. The Balaban J connectivity index is 2.65. The second-order valence-electron chi connectivity index (χ2n) is 3.79. The van der Waals surface area contributed by atoms with Crippen LogP contribution in [0.3, 0.4) is 0 Å². The van der Waals surface area contributed by atoms with Gasteiger partial charge in [0.25, 0.3) is 0 Å². The number of carbonyl (C=O) groups is 1. The van der Waals surface area contributed by atoms with Crippen LogP contribution in [0, 0.1) is 17.5 Å². The van der Waals surface area contributed by atoms with Gasteiger partial charge in [0.15, 0.2) is 23.7 Å². The summed E-state index contributed by atoms with van der Waals surface area (Å²) in [6, 6.07) is 6.21. The van der Waals surface area contributed by atoms with E-state index in [1.807, 2.05) is 0 Å². The van der Waals surface area contributed by atoms with Crippen molar-refractivity contribution in [3.63, 3.8) is 0 Å². The number of aldehydes is 1. The summed E-state index contributed by atoms with van der Waals surface area (Å²) in [5.74, 6) is -3.75. The van der Waals surface area contributed by atoms with Gasteiger partial charge in [0.05, 0.1) is 7.11 Å². The molecule has 0 unspecified atom stereocenters. The van der Waals surface area contributed by atoms with Crippen molar-refractivity contribution in [2.75, 3.05) is 7.11 Å². The highest BCUT2D eigenvalue weighted by atomic mass is 19.2. The summed E-state index contributed by atoms with van der Waals surface area (Å²) in [5.41, 5.74) is 0.125. The highest BCUT2D eigenvalue weighted by Gasteiger charge is 2.17. The lowest BCUT2D eigenvalue weighted by atomic mass is 9.99. The quantitative estimate of drug-likeness (QED) is 0.627. The van der Waals surface area contributed by atoms with Gasteiger partial charge in [-0.15, -0.1) is 0 Å². The number of methoxy groups -OCH3 is 1. The van der Waals surface area contributed by atoms with Crippen LogP contribution in [0.1, 0.15) is 10.4 Å². The Morgan fingerprint density at radius 2 is 1.68 bits per heavy atom. The first-order chi connectivity index (χ1) is 9.08. The van der Waals surface area contributed by atoms with E-state index in [1.54, 1.807) is 0 Å². The van der Waals surface area contributed by atoms with Crippen LogP contribution in [0.4, 0.5) is 13.2 Å². The fourth-order valence-electron chi connectivity index (χ4n) is 1.74. The summed E-state index contributed by atoms with van der Waals surface area (Å²) in [7, 11) is 1.42. The van der Waals surface area contributed by atoms with E-state index in [1.165, 1.54) is 25.3 Å². The first kappa shape index (κ1) is 13.1. The highest BCUT2D eigenvalue weighted by Crippen LogP contribution is 2.30. The molecule has 0 saturated heterocycles. The molecule has 2 rings (SSSR count). The Bertz CT molecular complexity index is 639. The summed E-state index contributed by atoms with van der Waals surface area (Å²) in [6.45, 7) is 0. The Labute approximate surface area is 107 Å². The summed E-state index contributed by atoms with van der Waals surface area (Å²) in [5, 5.41) is 0. The van der Waals surface area contributed by atoms with Crippen molar-refractivity contribution < 1.29 is 22.7 Å². The molecule has 0 bridgehead atoms. The molecule has 0 amide bonds. The predicted molar refractivity (Wildman–Crippen MR) is 63.7 cm³/mol. The molecule has 0 atom stereocenters. The average molecular weight is 266 g/mol. The number of hydrogen-bond donors (Lipinski definition) is 0. The zero-order chi connectivity index (χ0) is 14.0. The van der Waals surface area contributed by atoms with Crippen LogP contribution in [-0.4, -0.2) is 13.4 Å². The molecular formula is C14H9F3O2. The van der Waals surface area contributed by atoms with Gasteiger partial charge in [-0.2, -0.15) is 0 Å². The summed E-state index contributed by atoms with van der Waals surface area (Å²) >= 11 is 0. The number of ether oxygens (including phenoxy) is 1. The van der Waals surface area contributed by atoms with Crippen molar-refractivity contribution in [2.45, 2.75) is 0 Å². The Morgan fingerprint density at radius 1 is 1.00 bits per heavy atom. The van der Waals surface area contributed by atoms with Crippen molar-refractivity contribution in [1.82, 2.24) is 0 Å². The lowest BCUT2D eigenvalue weighted by Crippen LogP contribution is -1.97. The second kappa shape index (κ2) is 5.14. The van der Waals surface area contributed by atoms with Crippen molar-refractivity contribution in [1.29, 1.82) is 0 Å². The van der Waals surface area contributed by atoms with Crippen LogP contribution >= 0.6 is 0 Å². The zero-order valence-corrected chi connectivity index (χ0v) is 9.91. The normalized spacial score (nSPS) is 10.3. The van der Waals surface area contributed by atoms with Gasteiger partial charge in [0.2, 0.25) is 0 Å². The third-order valence-electron chi connectivity index (χ3n) is 2.71. The molecule has 2 aromatic rings. The van der Waals surface area contributed by atoms with Gasteiger partial charge in [0.1, 0.15) is 5.75 Å². The maximum absolute atomic E-state index is 13.7. The van der Waals surface area contributed by atoms with Gasteiger partial charge in [-0.3, -0.25) is 4.79 Å². The molecule has 2 aromatic carbocycles. The molecule has 0 heterocycles. The van der Waals surface area contributed by atoms with E-state index in [-0.39, 0.29) is 16.7 Å². The van der Waals surface area contributed by atoms with Gasteiger partial charge < -0.3 is 4.74 Å². The molecule has 2 nitrogen and oxygen atoms in total. The van der Waals surface area contributed by atoms with Crippen molar-refractivity contribution in [2.24, 2.45) is 0 Å². The SMILES string of the molecule is COc1ccc(-c2ccc(F)c(F)c2F)c(C=O)c1. The molecule has 98 valence electrons. The third-order valence-corrected chi connectivity index (χ3v) is 2.71. The number of rotatable bonds is 3. The number of hydrogen-bond acceptors (Lipinski definition) is 2. The third kappa shape index (κ3) is 2.31. The van der Waals surface area contributed by atoms with Crippen molar-refractivity contribution in [3.8, 4) is 16.9 Å². The fraction of sp³-hybridized carbons (Fsp3) is 0.0714. The lowest BCUT2D eigenvalue weighted by Gasteiger charge is -2.09. The van der Waals surface area contributed by atoms with Gasteiger partial charge in [0, 0.05) is 11.1 Å². The van der Waals surface area contributed by atoms with Crippen LogP contribution in [0.15, 0.2) is 30.3 Å². The Hall–Kier alpha value is -2.30. The largest absolute Gasteiger partial charge is 0.497 e. The first-order valence-corrected chi connectivity index (χ1v) is 5.35. The first-order valence-electron chi connectivity index (χ1n) is 5.35. The summed E-state index contributed by atoms with van der Waals surface area (Å²) in [6.07, 6.45) is 0.499. The van der Waals surface area contributed by atoms with E-state index in [0.29, 0.717) is 12.0 Å². The molecular weight excluding hydrogens is 257 g/mol. The molecule has 0 radical (unpaired) electrons. The molecule has 0 N–H and O–H groups in total. The minimum Gasteiger partial charge on any atom is -0.497 e. The zero-order valence-electron chi connectivity index (χ0n) is 9.91. The molecule has 0 saturated carbocycles. The smallest absolute Gasteiger partial charge is 0.195 e. The topological polar surface area (TPSA) is 26.3 Å². The van der Waals surface area contributed by atoms with E-state index in [0.717, 1.165) is 12.1 Å². The number of benzene rings is 2. The van der Waals surface area contributed by atoms with E-state index in [9.17, 15) is 18.0 Å². The maximum Gasteiger partial charge on any atom is 0.195 e. The van der Waals surface area contributed by atoms with Crippen molar-refractivity contribution in [3.05, 3.63) is 53.3 Å². The molecule has 5 heteroatoms. The monoisotopic (exact) mass is 266 g/mol. The molecule has 0 aromatic heterocycles. The molecule has 0 aliphatic rings. The van der Waals surface area contributed by atoms with E-state index in [4.69, 9.17) is 4.74 Å². The van der Waals surface area contributed by atoms with Crippen LogP contribution in [-0.2, 0) is 0 Å². The maximum atomic E-state index is 13.7. The average Bonchev–Trinajstić information content (AvgIpc) is 2.44. The van der Waals surface area contributed by atoms with Gasteiger partial charge in [-0.25, -0.2) is 13.2 Å². The molecule has 0 fully saturated rings. The summed E-state index contributed by atoms with van der Waals surface area (Å²) < 4.78 is 44.7.